The van der Waals surface area contributed by atoms with Gasteiger partial charge in [-0.3, -0.25) is 0 Å². The summed E-state index contributed by atoms with van der Waals surface area (Å²) in [6.07, 6.45) is 0. The van der Waals surface area contributed by atoms with E-state index in [0.717, 1.165) is 17.1 Å². The van der Waals surface area contributed by atoms with Gasteiger partial charge in [0.25, 0.3) is 0 Å². The van der Waals surface area contributed by atoms with Gasteiger partial charge in [0.15, 0.2) is 0 Å². The molecule has 0 unspecified atom stereocenters. The van der Waals surface area contributed by atoms with E-state index < -0.39 is 0 Å². The van der Waals surface area contributed by atoms with E-state index in [-0.39, 0.29) is 0 Å². The van der Waals surface area contributed by atoms with Crippen molar-refractivity contribution < 1.29 is 0 Å². The lowest BCUT2D eigenvalue weighted by atomic mass is 9.87. The molecule has 0 radical (unpaired) electrons. The van der Waals surface area contributed by atoms with Crippen molar-refractivity contribution >= 4 is 17.1 Å². The van der Waals surface area contributed by atoms with Gasteiger partial charge in [-0.2, -0.15) is 0 Å². The van der Waals surface area contributed by atoms with E-state index in [9.17, 15) is 0 Å². The molecule has 0 aliphatic rings. The van der Waals surface area contributed by atoms with Crippen molar-refractivity contribution in [1.29, 1.82) is 0 Å². The third kappa shape index (κ3) is 5.37. The summed E-state index contributed by atoms with van der Waals surface area (Å²) in [6, 6.07) is 67.0. The quantitative estimate of drug-likeness (QED) is 0.191. The summed E-state index contributed by atoms with van der Waals surface area (Å²) in [4.78, 5) is 2.36. The van der Waals surface area contributed by atoms with Crippen molar-refractivity contribution in [1.82, 2.24) is 0 Å². The van der Waals surface area contributed by atoms with Crippen molar-refractivity contribution in [3.05, 3.63) is 188 Å². The molecule has 0 aromatic heterocycles. The summed E-state index contributed by atoms with van der Waals surface area (Å²) in [5.41, 5.74) is 13.0. The normalized spacial score (nSPS) is 10.8. The van der Waals surface area contributed by atoms with E-state index in [4.69, 9.17) is 0 Å². The van der Waals surface area contributed by atoms with Gasteiger partial charge in [0.2, 0.25) is 0 Å². The second-order valence-electron chi connectivity index (χ2n) is 10.6. The van der Waals surface area contributed by atoms with Crippen LogP contribution in [0.25, 0.3) is 44.5 Å². The molecule has 0 saturated heterocycles. The summed E-state index contributed by atoms with van der Waals surface area (Å²) < 4.78 is 0. The summed E-state index contributed by atoms with van der Waals surface area (Å²) >= 11 is 0. The van der Waals surface area contributed by atoms with E-state index in [2.05, 4.69) is 193 Å². The third-order valence-electron chi connectivity index (χ3n) is 7.89. The highest BCUT2D eigenvalue weighted by molar-refractivity contribution is 5.98. The minimum absolute atomic E-state index is 1.12. The van der Waals surface area contributed by atoms with Crippen LogP contribution in [0.15, 0.2) is 188 Å². The second kappa shape index (κ2) is 12.1. The van der Waals surface area contributed by atoms with Crippen molar-refractivity contribution in [2.45, 2.75) is 0 Å². The van der Waals surface area contributed by atoms with Gasteiger partial charge < -0.3 is 4.90 Å². The number of benzene rings is 7. The van der Waals surface area contributed by atoms with Crippen LogP contribution in [0.4, 0.5) is 17.1 Å². The number of anilines is 3. The first-order valence-corrected chi connectivity index (χ1v) is 14.7. The van der Waals surface area contributed by atoms with Crippen LogP contribution < -0.4 is 4.90 Å². The first-order valence-electron chi connectivity index (χ1n) is 14.7. The molecular weight excluding hydrogens is 518 g/mol. The smallest absolute Gasteiger partial charge is 0.0540 e. The summed E-state index contributed by atoms with van der Waals surface area (Å²) in [7, 11) is 0. The van der Waals surface area contributed by atoms with E-state index in [1.807, 2.05) is 0 Å². The van der Waals surface area contributed by atoms with Crippen LogP contribution in [-0.4, -0.2) is 0 Å². The maximum absolute atomic E-state index is 2.36. The molecule has 0 spiro atoms. The van der Waals surface area contributed by atoms with Crippen LogP contribution >= 0.6 is 0 Å². The molecule has 0 aliphatic heterocycles. The fourth-order valence-electron chi connectivity index (χ4n) is 5.88. The van der Waals surface area contributed by atoms with Crippen LogP contribution in [0.3, 0.4) is 0 Å². The topological polar surface area (TPSA) is 3.24 Å². The fourth-order valence-corrected chi connectivity index (χ4v) is 5.88. The van der Waals surface area contributed by atoms with E-state index in [0.29, 0.717) is 0 Å². The fraction of sp³-hybridized carbons (Fsp3) is 0. The molecule has 7 aromatic carbocycles. The largest absolute Gasteiger partial charge is 0.310 e. The molecule has 0 heterocycles. The highest BCUT2D eigenvalue weighted by atomic mass is 15.1. The average Bonchev–Trinajstić information content (AvgIpc) is 3.10. The zero-order chi connectivity index (χ0) is 28.8. The van der Waals surface area contributed by atoms with Gasteiger partial charge in [0, 0.05) is 16.9 Å². The first-order chi connectivity index (χ1) is 21.4. The Kier molecular flexibility index (Phi) is 7.36. The maximum atomic E-state index is 2.36. The molecule has 7 aromatic rings. The summed E-state index contributed by atoms with van der Waals surface area (Å²) in [5.74, 6) is 0. The Morgan fingerprint density at radius 1 is 0.256 bits per heavy atom. The number of para-hydroxylation sites is 3. The zero-order valence-electron chi connectivity index (χ0n) is 23.8. The number of rotatable bonds is 7. The van der Waals surface area contributed by atoms with Crippen LogP contribution in [0.1, 0.15) is 0 Å². The Hall–Kier alpha value is -5.66. The average molecular weight is 550 g/mol. The molecule has 204 valence electrons. The molecule has 7 rings (SSSR count). The van der Waals surface area contributed by atoms with Gasteiger partial charge in [-0.1, -0.05) is 152 Å². The molecule has 1 nitrogen and oxygen atoms in total. The Morgan fingerprint density at radius 3 is 1.30 bits per heavy atom. The molecule has 0 N–H and O–H groups in total. The Labute approximate surface area is 254 Å². The van der Waals surface area contributed by atoms with Gasteiger partial charge in [-0.25, -0.2) is 0 Å². The molecule has 1 heteroatoms. The molecular formula is C42H31N. The van der Waals surface area contributed by atoms with E-state index in [1.165, 1.54) is 44.5 Å². The third-order valence-corrected chi connectivity index (χ3v) is 7.89. The highest BCUT2D eigenvalue weighted by Crippen LogP contribution is 2.46. The number of hydrogen-bond donors (Lipinski definition) is 0. The van der Waals surface area contributed by atoms with Crippen molar-refractivity contribution in [2.75, 3.05) is 4.90 Å². The van der Waals surface area contributed by atoms with Gasteiger partial charge in [0.1, 0.15) is 0 Å². The van der Waals surface area contributed by atoms with Gasteiger partial charge in [-0.05, 0) is 75.3 Å². The van der Waals surface area contributed by atoms with Crippen molar-refractivity contribution in [2.24, 2.45) is 0 Å². The predicted octanol–water partition coefficient (Wildman–Crippen LogP) is 11.8. The lowest BCUT2D eigenvalue weighted by Gasteiger charge is -2.28. The standard InChI is InChI=1S/C42H31N/c1-5-17-32(18-6-1)34-29-30-39(38-26-14-13-25-37(38)33-19-7-2-8-20-33)41(31-34)40-27-15-16-28-42(40)43(35-21-9-3-10-22-35)36-23-11-4-12-24-36/h1-31H. The van der Waals surface area contributed by atoms with E-state index >= 15 is 0 Å². The van der Waals surface area contributed by atoms with Gasteiger partial charge in [-0.15, -0.1) is 0 Å². The minimum Gasteiger partial charge on any atom is -0.310 e. The maximum Gasteiger partial charge on any atom is 0.0540 e. The molecule has 0 amide bonds. The second-order valence-corrected chi connectivity index (χ2v) is 10.6. The molecule has 43 heavy (non-hydrogen) atoms. The molecule has 0 fully saturated rings. The molecule has 0 saturated carbocycles. The van der Waals surface area contributed by atoms with Gasteiger partial charge >= 0.3 is 0 Å². The molecule has 0 atom stereocenters. The van der Waals surface area contributed by atoms with Crippen LogP contribution in [-0.2, 0) is 0 Å². The van der Waals surface area contributed by atoms with Crippen LogP contribution in [0.5, 0.6) is 0 Å². The highest BCUT2D eigenvalue weighted by Gasteiger charge is 2.20. The van der Waals surface area contributed by atoms with Crippen molar-refractivity contribution in [3.8, 4) is 44.5 Å². The number of hydrogen-bond acceptors (Lipinski definition) is 1. The van der Waals surface area contributed by atoms with Crippen LogP contribution in [0, 0.1) is 0 Å². The Morgan fingerprint density at radius 2 is 0.698 bits per heavy atom. The number of nitrogens with zero attached hydrogens (tertiary/aromatic N) is 1. The molecule has 0 bridgehead atoms. The summed E-state index contributed by atoms with van der Waals surface area (Å²) in [5, 5.41) is 0. The summed E-state index contributed by atoms with van der Waals surface area (Å²) in [6.45, 7) is 0. The zero-order valence-corrected chi connectivity index (χ0v) is 23.8. The SMILES string of the molecule is c1ccc(-c2ccc(-c3ccccc3-c3ccccc3)c(-c3ccccc3N(c3ccccc3)c3ccccc3)c2)cc1. The first kappa shape index (κ1) is 26.3. The Bertz CT molecular complexity index is 1910. The lowest BCUT2D eigenvalue weighted by molar-refractivity contribution is 1.28. The molecule has 0 aliphatic carbocycles. The van der Waals surface area contributed by atoms with Gasteiger partial charge in [0.05, 0.1) is 5.69 Å². The minimum atomic E-state index is 1.12. The predicted molar refractivity (Wildman–Crippen MR) is 183 cm³/mol. The lowest BCUT2D eigenvalue weighted by Crippen LogP contribution is -2.11. The van der Waals surface area contributed by atoms with Crippen molar-refractivity contribution in [3.63, 3.8) is 0 Å². The van der Waals surface area contributed by atoms with E-state index in [1.54, 1.807) is 0 Å². The van der Waals surface area contributed by atoms with Crippen LogP contribution in [0.2, 0.25) is 0 Å². The Balaban J connectivity index is 1.50. The monoisotopic (exact) mass is 549 g/mol.